The Hall–Kier alpha value is -4.02. The van der Waals surface area contributed by atoms with Gasteiger partial charge in [0.05, 0.1) is 35.2 Å². The van der Waals surface area contributed by atoms with Gasteiger partial charge < -0.3 is 9.64 Å². The normalized spacial score (nSPS) is 17.2. The first-order chi connectivity index (χ1) is 19.7. The molecule has 1 atom stereocenters. The topological polar surface area (TPSA) is 101 Å². The van der Waals surface area contributed by atoms with Crippen LogP contribution in [0.3, 0.4) is 0 Å². The maximum atomic E-state index is 14.3. The summed E-state index contributed by atoms with van der Waals surface area (Å²) in [5.74, 6) is -1.23. The summed E-state index contributed by atoms with van der Waals surface area (Å²) in [6, 6.07) is 13.3. The first kappa shape index (κ1) is 28.5. The van der Waals surface area contributed by atoms with E-state index in [9.17, 15) is 19.2 Å². The summed E-state index contributed by atoms with van der Waals surface area (Å²) < 4.78 is 6.76. The van der Waals surface area contributed by atoms with Crippen LogP contribution in [0.4, 0.5) is 5.69 Å². The number of amides is 2. The summed E-state index contributed by atoms with van der Waals surface area (Å²) in [6.45, 7) is 8.16. The van der Waals surface area contributed by atoms with E-state index in [0.29, 0.717) is 51.0 Å². The van der Waals surface area contributed by atoms with Crippen molar-refractivity contribution in [2.45, 2.75) is 33.7 Å². The number of hydrogen-bond donors (Lipinski definition) is 0. The van der Waals surface area contributed by atoms with Crippen LogP contribution in [-0.4, -0.2) is 53.5 Å². The Kier molecular flexibility index (Phi) is 7.97. The van der Waals surface area contributed by atoms with Gasteiger partial charge >= 0.3 is 5.97 Å². The van der Waals surface area contributed by atoms with Gasteiger partial charge in [0.1, 0.15) is 11.1 Å². The minimum absolute atomic E-state index is 0.187. The van der Waals surface area contributed by atoms with E-state index in [0.717, 1.165) is 11.3 Å². The minimum atomic E-state index is -0.770. The zero-order valence-corrected chi connectivity index (χ0v) is 24.7. The van der Waals surface area contributed by atoms with Gasteiger partial charge in [-0.2, -0.15) is 0 Å². The third-order valence-electron chi connectivity index (χ3n) is 7.21. The smallest absolute Gasteiger partial charge is 0.326 e. The predicted octanol–water partition coefficient (Wildman–Crippen LogP) is 3.04. The second-order valence-corrected chi connectivity index (χ2v) is 10.9. The summed E-state index contributed by atoms with van der Waals surface area (Å²) in [5, 5.41) is 0.524. The second-order valence-electron chi connectivity index (χ2n) is 9.52. The first-order valence-corrected chi connectivity index (χ1v) is 14.6. The average Bonchev–Trinajstić information content (AvgIpc) is 3.41. The molecular formula is C30H29ClN4O5S. The van der Waals surface area contributed by atoms with Crippen LogP contribution in [0, 0.1) is 0 Å². The van der Waals surface area contributed by atoms with Gasteiger partial charge in [0.2, 0.25) is 0 Å². The molecule has 1 aromatic heterocycles. The number of fused-ring (bicyclic) bond motifs is 2. The van der Waals surface area contributed by atoms with Crippen LogP contribution in [0.15, 0.2) is 69.6 Å². The first-order valence-electron chi connectivity index (χ1n) is 13.4. The summed E-state index contributed by atoms with van der Waals surface area (Å²) in [5.41, 5.74) is 2.41. The fourth-order valence-electron chi connectivity index (χ4n) is 5.28. The number of ether oxygens (including phenoxy) is 1. The number of nitrogens with zero attached hydrogens (tertiary/aromatic N) is 4. The van der Waals surface area contributed by atoms with Gasteiger partial charge in [0, 0.05) is 23.7 Å². The maximum absolute atomic E-state index is 14.3. The lowest BCUT2D eigenvalue weighted by Crippen LogP contribution is -2.43. The molecule has 0 aliphatic carbocycles. The van der Waals surface area contributed by atoms with Gasteiger partial charge in [0.25, 0.3) is 17.4 Å². The highest BCUT2D eigenvalue weighted by Crippen LogP contribution is 2.36. The van der Waals surface area contributed by atoms with Crippen molar-refractivity contribution in [2.75, 3.05) is 31.1 Å². The van der Waals surface area contributed by atoms with Gasteiger partial charge in [-0.25, -0.2) is 4.99 Å². The highest BCUT2D eigenvalue weighted by molar-refractivity contribution is 7.07. The predicted molar refractivity (Wildman–Crippen MR) is 158 cm³/mol. The lowest BCUT2D eigenvalue weighted by Gasteiger charge is -2.29. The van der Waals surface area contributed by atoms with Crippen molar-refractivity contribution in [1.29, 1.82) is 0 Å². The lowest BCUT2D eigenvalue weighted by molar-refractivity contribution is -0.142. The Morgan fingerprint density at radius 3 is 2.39 bits per heavy atom. The molecule has 0 spiro atoms. The van der Waals surface area contributed by atoms with Crippen molar-refractivity contribution in [3.05, 3.63) is 95.6 Å². The number of allylic oxidation sites excluding steroid dienone is 1. The molecule has 212 valence electrons. The van der Waals surface area contributed by atoms with Crippen molar-refractivity contribution < 1.29 is 19.1 Å². The molecular weight excluding hydrogens is 564 g/mol. The standard InChI is InChI=1S/C30H29ClN4O5S/c1-5-33(6-2)27(37)23-17(4)32-30-35(25(23)18-12-14-19(31)15-13-18)29(39)26(41-30)24-20-10-8-9-11-21(20)34(28(24)38)16-22(36)40-7-3/h8-15,25H,5-7,16H2,1-4H3/b26-24-/t25-/m0/s1. The summed E-state index contributed by atoms with van der Waals surface area (Å²) in [6.07, 6.45) is 0. The van der Waals surface area contributed by atoms with E-state index >= 15 is 0 Å². The molecule has 2 aliphatic heterocycles. The molecule has 2 amide bonds. The molecule has 41 heavy (non-hydrogen) atoms. The average molecular weight is 593 g/mol. The maximum Gasteiger partial charge on any atom is 0.326 e. The minimum Gasteiger partial charge on any atom is -0.465 e. The van der Waals surface area contributed by atoms with Gasteiger partial charge in [-0.3, -0.25) is 28.6 Å². The number of aromatic nitrogens is 1. The van der Waals surface area contributed by atoms with Crippen LogP contribution < -0.4 is 19.8 Å². The monoisotopic (exact) mass is 592 g/mol. The number of benzene rings is 2. The molecule has 0 unspecified atom stereocenters. The summed E-state index contributed by atoms with van der Waals surface area (Å²) in [4.78, 5) is 62.3. The lowest BCUT2D eigenvalue weighted by atomic mass is 9.94. The number of carbonyl (C=O) groups excluding carboxylic acids is 3. The molecule has 0 N–H and O–H groups in total. The van der Waals surface area contributed by atoms with E-state index in [2.05, 4.69) is 0 Å². The highest BCUT2D eigenvalue weighted by atomic mass is 35.5. The highest BCUT2D eigenvalue weighted by Gasteiger charge is 2.38. The van der Waals surface area contributed by atoms with E-state index in [1.807, 2.05) is 13.8 Å². The fraction of sp³-hybridized carbons (Fsp3) is 0.300. The van der Waals surface area contributed by atoms with E-state index in [1.165, 1.54) is 9.47 Å². The third kappa shape index (κ3) is 4.91. The second kappa shape index (κ2) is 11.5. The van der Waals surface area contributed by atoms with E-state index in [-0.39, 0.29) is 29.2 Å². The Labute approximate surface area is 245 Å². The van der Waals surface area contributed by atoms with Crippen molar-refractivity contribution in [2.24, 2.45) is 4.99 Å². The molecule has 5 rings (SSSR count). The van der Waals surface area contributed by atoms with Gasteiger partial charge in [-0.15, -0.1) is 0 Å². The molecule has 0 saturated carbocycles. The number of carbonyl (C=O) groups is 3. The van der Waals surface area contributed by atoms with E-state index < -0.39 is 23.5 Å². The molecule has 2 aromatic carbocycles. The number of anilines is 1. The van der Waals surface area contributed by atoms with Crippen molar-refractivity contribution in [1.82, 2.24) is 9.47 Å². The number of thiazole rings is 1. The SMILES string of the molecule is CCOC(=O)CN1C(=O)/C(=c2\sc3n(c2=O)[C@@H](c2ccc(Cl)cc2)C(C(=O)N(CC)CC)=C(C)N=3)c2ccccc21. The molecule has 0 fully saturated rings. The number of likely N-dealkylation sites (N-methyl/N-ethyl adjacent to an activating group) is 1. The Morgan fingerprint density at radius 2 is 1.73 bits per heavy atom. The number of hydrogen-bond acceptors (Lipinski definition) is 7. The van der Waals surface area contributed by atoms with Crippen LogP contribution in [-0.2, 0) is 19.1 Å². The molecule has 0 saturated heterocycles. The largest absolute Gasteiger partial charge is 0.465 e. The van der Waals surface area contributed by atoms with E-state index in [1.54, 1.807) is 67.3 Å². The van der Waals surface area contributed by atoms with Crippen molar-refractivity contribution in [3.63, 3.8) is 0 Å². The Bertz CT molecular complexity index is 1770. The molecule has 0 radical (unpaired) electrons. The summed E-state index contributed by atoms with van der Waals surface area (Å²) >= 11 is 7.27. The number of halogens is 1. The van der Waals surface area contributed by atoms with Gasteiger partial charge in [-0.05, 0) is 51.5 Å². The summed E-state index contributed by atoms with van der Waals surface area (Å²) in [7, 11) is 0. The van der Waals surface area contributed by atoms with Gasteiger partial charge in [-0.1, -0.05) is 53.3 Å². The van der Waals surface area contributed by atoms with Crippen LogP contribution in [0.1, 0.15) is 44.9 Å². The Morgan fingerprint density at radius 1 is 1.05 bits per heavy atom. The van der Waals surface area contributed by atoms with Crippen molar-refractivity contribution in [3.8, 4) is 0 Å². The molecule has 9 nitrogen and oxygen atoms in total. The van der Waals surface area contributed by atoms with Crippen LogP contribution >= 0.6 is 22.9 Å². The van der Waals surface area contributed by atoms with Gasteiger partial charge in [0.15, 0.2) is 4.80 Å². The molecule has 3 heterocycles. The van der Waals surface area contributed by atoms with Crippen molar-refractivity contribution >= 4 is 52.0 Å². The molecule has 2 aliphatic rings. The van der Waals surface area contributed by atoms with Crippen LogP contribution in [0.2, 0.25) is 5.02 Å². The van der Waals surface area contributed by atoms with E-state index in [4.69, 9.17) is 21.3 Å². The Balaban J connectivity index is 1.76. The zero-order valence-electron chi connectivity index (χ0n) is 23.1. The van der Waals surface area contributed by atoms with Crippen LogP contribution in [0.5, 0.6) is 0 Å². The number of para-hydroxylation sites is 1. The van der Waals surface area contributed by atoms with Crippen LogP contribution in [0.25, 0.3) is 5.57 Å². The quantitative estimate of drug-likeness (QED) is 0.393. The number of rotatable bonds is 7. The zero-order chi connectivity index (χ0) is 29.4. The molecule has 3 aromatic rings. The third-order valence-corrected chi connectivity index (χ3v) is 8.51. The molecule has 11 heteroatoms. The fourth-order valence-corrected chi connectivity index (χ4v) is 6.54. The number of esters is 1. The molecule has 0 bridgehead atoms.